The molecule has 2 aromatic carbocycles. The Kier molecular flexibility index (Phi) is 8.80. The van der Waals surface area contributed by atoms with E-state index in [1.807, 2.05) is 44.2 Å². The molecule has 0 amide bonds. The Balaban J connectivity index is 1.86. The van der Waals surface area contributed by atoms with Gasteiger partial charge in [-0.15, -0.1) is 0 Å². The zero-order chi connectivity index (χ0) is 29.0. The first-order valence-corrected chi connectivity index (χ1v) is 14.4. The molecule has 8 nitrogen and oxygen atoms in total. The minimum atomic E-state index is -4.48. The van der Waals surface area contributed by atoms with Crippen LogP contribution in [0, 0.1) is 18.8 Å². The summed E-state index contributed by atoms with van der Waals surface area (Å²) in [4.78, 5) is 20.2. The van der Waals surface area contributed by atoms with Crippen LogP contribution in [0.4, 0.5) is 4.39 Å². The average molecular weight is 566 g/mol. The van der Waals surface area contributed by atoms with Gasteiger partial charge in [-0.05, 0) is 54.7 Å². The molecule has 0 radical (unpaired) electrons. The number of aromatic hydroxyl groups is 1. The van der Waals surface area contributed by atoms with Crippen LogP contribution in [0.2, 0.25) is 0 Å². The van der Waals surface area contributed by atoms with Crippen molar-refractivity contribution in [2.75, 3.05) is 13.7 Å². The van der Waals surface area contributed by atoms with Crippen molar-refractivity contribution in [1.82, 2.24) is 14.5 Å². The molecule has 0 spiro atoms. The molecule has 210 valence electrons. The SMILES string of the molecule is COCC(c1ccccc1)n1c(CCC(C)C)nc(=O)c(S(=O)(=O)c2ccc(-c3ccc(F)nc3C)cc2)c1O. The van der Waals surface area contributed by atoms with E-state index in [2.05, 4.69) is 9.97 Å². The molecule has 4 rings (SSSR count). The number of nitrogens with zero attached hydrogens (tertiary/aromatic N) is 3. The molecule has 4 aromatic rings. The molecule has 2 aromatic heterocycles. The number of sulfone groups is 1. The highest BCUT2D eigenvalue weighted by molar-refractivity contribution is 7.91. The molecule has 40 heavy (non-hydrogen) atoms. The molecular weight excluding hydrogens is 533 g/mol. The summed E-state index contributed by atoms with van der Waals surface area (Å²) in [7, 11) is -2.97. The van der Waals surface area contributed by atoms with Gasteiger partial charge in [0.05, 0.1) is 17.5 Å². The third-order valence-electron chi connectivity index (χ3n) is 6.70. The second-order valence-corrected chi connectivity index (χ2v) is 11.9. The summed E-state index contributed by atoms with van der Waals surface area (Å²) in [6.45, 7) is 5.81. The molecule has 0 fully saturated rings. The van der Waals surface area contributed by atoms with Gasteiger partial charge in [-0.2, -0.15) is 9.37 Å². The van der Waals surface area contributed by atoms with Gasteiger partial charge in [-0.25, -0.2) is 13.4 Å². The molecular formula is C30H32FN3O5S. The number of pyridine rings is 1. The Morgan fingerprint density at radius 2 is 1.68 bits per heavy atom. The maximum Gasteiger partial charge on any atom is 0.296 e. The number of hydrogen-bond acceptors (Lipinski definition) is 7. The van der Waals surface area contributed by atoms with Crippen LogP contribution < -0.4 is 5.56 Å². The maximum absolute atomic E-state index is 13.8. The van der Waals surface area contributed by atoms with Gasteiger partial charge in [-0.1, -0.05) is 56.3 Å². The average Bonchev–Trinajstić information content (AvgIpc) is 2.91. The number of hydrogen-bond donors (Lipinski definition) is 1. The third-order valence-corrected chi connectivity index (χ3v) is 8.48. The van der Waals surface area contributed by atoms with E-state index in [4.69, 9.17) is 4.74 Å². The quantitative estimate of drug-likeness (QED) is 0.266. The number of halogens is 1. The molecule has 10 heteroatoms. The Bertz CT molecular complexity index is 1650. The van der Waals surface area contributed by atoms with Crippen molar-refractivity contribution in [3.05, 3.63) is 100 Å². The standard InChI is InChI=1S/C30H32FN3O5S/c1-19(2)10-17-27-33-29(35)28(30(36)34(27)25(18-39-4)22-8-6-5-7-9-22)40(37,38)23-13-11-21(12-14-23)24-15-16-26(31)32-20(24)3/h5-9,11-16,19,25,36H,10,17-18H2,1-4H3. The first kappa shape index (κ1) is 29.1. The summed E-state index contributed by atoms with van der Waals surface area (Å²) in [6.07, 6.45) is 1.03. The molecule has 2 heterocycles. The van der Waals surface area contributed by atoms with E-state index in [1.54, 1.807) is 25.1 Å². The van der Waals surface area contributed by atoms with Gasteiger partial charge in [0.25, 0.3) is 5.56 Å². The van der Waals surface area contributed by atoms with Gasteiger partial charge in [0.15, 0.2) is 4.90 Å². The van der Waals surface area contributed by atoms with Gasteiger partial charge < -0.3 is 9.84 Å². The number of ether oxygens (including phenoxy) is 1. The number of methoxy groups -OCH3 is 1. The number of rotatable bonds is 10. The van der Waals surface area contributed by atoms with Gasteiger partial charge in [0.2, 0.25) is 21.7 Å². The lowest BCUT2D eigenvalue weighted by atomic mass is 10.0. The predicted molar refractivity (Wildman–Crippen MR) is 150 cm³/mol. The topological polar surface area (TPSA) is 111 Å². The maximum atomic E-state index is 13.8. The summed E-state index contributed by atoms with van der Waals surface area (Å²) in [5.74, 6) is -0.742. The normalized spacial score (nSPS) is 12.6. The summed E-state index contributed by atoms with van der Waals surface area (Å²) < 4.78 is 47.8. The van der Waals surface area contributed by atoms with Crippen LogP contribution in [-0.2, 0) is 21.0 Å². The molecule has 0 bridgehead atoms. The lowest BCUT2D eigenvalue weighted by molar-refractivity contribution is 0.161. The zero-order valence-electron chi connectivity index (χ0n) is 22.8. The molecule has 0 aliphatic carbocycles. The van der Waals surface area contributed by atoms with Crippen molar-refractivity contribution in [2.24, 2.45) is 5.92 Å². The number of aryl methyl sites for hydroxylation is 2. The largest absolute Gasteiger partial charge is 0.493 e. The molecule has 0 aliphatic rings. The van der Waals surface area contributed by atoms with E-state index in [-0.39, 0.29) is 23.2 Å². The first-order chi connectivity index (χ1) is 19.0. The fourth-order valence-corrected chi connectivity index (χ4v) is 5.97. The summed E-state index contributed by atoms with van der Waals surface area (Å²) in [5.41, 5.74) is 1.43. The molecule has 1 N–H and O–H groups in total. The van der Waals surface area contributed by atoms with Crippen LogP contribution in [-0.4, -0.2) is 41.8 Å². The van der Waals surface area contributed by atoms with Gasteiger partial charge >= 0.3 is 0 Å². The Morgan fingerprint density at radius 1 is 1.00 bits per heavy atom. The lowest BCUT2D eigenvalue weighted by Gasteiger charge is -2.26. The molecule has 1 unspecified atom stereocenters. The summed E-state index contributed by atoms with van der Waals surface area (Å²) >= 11 is 0. The second-order valence-electron chi connectivity index (χ2n) is 9.97. The van der Waals surface area contributed by atoms with E-state index >= 15 is 0 Å². The van der Waals surface area contributed by atoms with E-state index in [0.29, 0.717) is 29.7 Å². The van der Waals surface area contributed by atoms with Crippen LogP contribution in [0.3, 0.4) is 0 Å². The van der Waals surface area contributed by atoms with Gasteiger partial charge in [-0.3, -0.25) is 9.36 Å². The molecule has 0 saturated carbocycles. The van der Waals surface area contributed by atoms with Crippen molar-refractivity contribution >= 4 is 9.84 Å². The second kappa shape index (κ2) is 12.1. The fourth-order valence-electron chi connectivity index (χ4n) is 4.63. The minimum absolute atomic E-state index is 0.107. The fraction of sp³-hybridized carbons (Fsp3) is 0.300. The van der Waals surface area contributed by atoms with E-state index < -0.39 is 38.2 Å². The Hall–Kier alpha value is -3.89. The number of aromatic nitrogens is 3. The summed E-state index contributed by atoms with van der Waals surface area (Å²) in [5, 5.41) is 11.5. The van der Waals surface area contributed by atoms with Crippen LogP contribution in [0.25, 0.3) is 11.1 Å². The Morgan fingerprint density at radius 3 is 2.27 bits per heavy atom. The lowest BCUT2D eigenvalue weighted by Crippen LogP contribution is -2.29. The smallest absolute Gasteiger partial charge is 0.296 e. The van der Waals surface area contributed by atoms with Crippen molar-refractivity contribution in [3.63, 3.8) is 0 Å². The Labute approximate surface area is 233 Å². The zero-order valence-corrected chi connectivity index (χ0v) is 23.7. The van der Waals surface area contributed by atoms with E-state index in [1.165, 1.54) is 29.9 Å². The first-order valence-electron chi connectivity index (χ1n) is 12.9. The van der Waals surface area contributed by atoms with Crippen molar-refractivity contribution in [1.29, 1.82) is 0 Å². The van der Waals surface area contributed by atoms with E-state index in [9.17, 15) is 22.7 Å². The van der Waals surface area contributed by atoms with E-state index in [0.717, 1.165) is 5.56 Å². The van der Waals surface area contributed by atoms with Crippen LogP contribution >= 0.6 is 0 Å². The highest BCUT2D eigenvalue weighted by Gasteiger charge is 2.32. The molecule has 0 saturated heterocycles. The van der Waals surface area contributed by atoms with Crippen molar-refractivity contribution < 1.29 is 22.7 Å². The van der Waals surface area contributed by atoms with Crippen molar-refractivity contribution in [2.45, 2.75) is 49.4 Å². The minimum Gasteiger partial charge on any atom is -0.493 e. The van der Waals surface area contributed by atoms with Gasteiger partial charge in [0, 0.05) is 24.8 Å². The third kappa shape index (κ3) is 5.97. The predicted octanol–water partition coefficient (Wildman–Crippen LogP) is 5.12. The number of benzene rings is 2. The highest BCUT2D eigenvalue weighted by atomic mass is 32.2. The summed E-state index contributed by atoms with van der Waals surface area (Å²) in [6, 6.07) is 17.1. The van der Waals surface area contributed by atoms with Crippen molar-refractivity contribution in [3.8, 4) is 17.0 Å². The van der Waals surface area contributed by atoms with Crippen LogP contribution in [0.1, 0.15) is 43.4 Å². The van der Waals surface area contributed by atoms with Gasteiger partial charge in [0.1, 0.15) is 5.82 Å². The monoisotopic (exact) mass is 565 g/mol. The highest BCUT2D eigenvalue weighted by Crippen LogP contribution is 2.33. The molecule has 1 atom stereocenters. The van der Waals surface area contributed by atoms with Crippen LogP contribution in [0.5, 0.6) is 5.88 Å². The molecule has 0 aliphatic heterocycles. The van der Waals surface area contributed by atoms with Crippen LogP contribution in [0.15, 0.2) is 81.3 Å².